The number of aryl methyl sites for hydroxylation is 1. The number of ether oxygens (including phenoxy) is 2. The Balaban J connectivity index is 1.39. The second kappa shape index (κ2) is 9.46. The third-order valence-electron chi connectivity index (χ3n) is 6.70. The Bertz CT molecular complexity index is 1220. The number of aromatic amines is 1. The van der Waals surface area contributed by atoms with Gasteiger partial charge in [0, 0.05) is 6.42 Å². The van der Waals surface area contributed by atoms with Crippen LogP contribution < -0.4 is 4.74 Å². The number of carbonyl (C=O) groups excluding carboxylic acids is 1. The van der Waals surface area contributed by atoms with E-state index >= 15 is 0 Å². The van der Waals surface area contributed by atoms with Gasteiger partial charge in [0.15, 0.2) is 10.8 Å². The standard InChI is InChI=1S/C24H25ClN4O4S/c1-32-19-7-6-14(10-16(19)25)8-9-24(15-4-2-3-5-15)11-18(30)20(22(31)33-24)34-23-28-17-12-26-13-27-21(17)29-23/h6-7,10,12-13,15,30H,2-5,8-9,11H2,1H3,(H,26,27,28,29). The normalized spacial score (nSPS) is 21.3. The Morgan fingerprint density at radius 1 is 1.35 bits per heavy atom. The number of hydrogen-bond donors (Lipinski definition) is 2. The van der Waals surface area contributed by atoms with Crippen molar-refractivity contribution < 1.29 is 19.4 Å². The van der Waals surface area contributed by atoms with Crippen molar-refractivity contribution >= 4 is 40.5 Å². The fourth-order valence-corrected chi connectivity index (χ4v) is 6.06. The molecule has 1 saturated carbocycles. The number of benzene rings is 1. The minimum Gasteiger partial charge on any atom is -0.511 e. The van der Waals surface area contributed by atoms with Crippen molar-refractivity contribution in [2.45, 2.75) is 55.7 Å². The van der Waals surface area contributed by atoms with Crippen molar-refractivity contribution in [1.82, 2.24) is 19.9 Å². The quantitative estimate of drug-likeness (QED) is 0.416. The number of imidazole rings is 1. The first-order valence-electron chi connectivity index (χ1n) is 11.3. The molecule has 0 saturated heterocycles. The predicted molar refractivity (Wildman–Crippen MR) is 129 cm³/mol. The molecule has 3 heterocycles. The molecule has 2 aliphatic rings. The lowest BCUT2D eigenvalue weighted by molar-refractivity contribution is -0.166. The molecule has 1 fully saturated rings. The average molecular weight is 501 g/mol. The average Bonchev–Trinajstić information content (AvgIpc) is 3.50. The summed E-state index contributed by atoms with van der Waals surface area (Å²) in [4.78, 5) is 28.9. The first kappa shape index (κ1) is 23.0. The number of hydrogen-bond acceptors (Lipinski definition) is 8. The smallest absolute Gasteiger partial charge is 0.349 e. The number of nitrogens with one attached hydrogen (secondary N) is 1. The van der Waals surface area contributed by atoms with Gasteiger partial charge in [-0.15, -0.1) is 0 Å². The summed E-state index contributed by atoms with van der Waals surface area (Å²) in [5.74, 6) is 0.367. The molecule has 0 bridgehead atoms. The number of aromatic nitrogens is 4. The van der Waals surface area contributed by atoms with Crippen molar-refractivity contribution in [2.75, 3.05) is 7.11 Å². The van der Waals surface area contributed by atoms with Gasteiger partial charge in [0.1, 0.15) is 33.9 Å². The molecule has 10 heteroatoms. The molecule has 1 atom stereocenters. The first-order chi connectivity index (χ1) is 16.5. The fraction of sp³-hybridized carbons (Fsp3) is 0.417. The summed E-state index contributed by atoms with van der Waals surface area (Å²) in [5.41, 5.74) is 1.45. The zero-order chi connectivity index (χ0) is 23.7. The number of aliphatic hydroxyl groups excluding tert-OH is 1. The van der Waals surface area contributed by atoms with Crippen LogP contribution in [0.5, 0.6) is 5.75 Å². The van der Waals surface area contributed by atoms with Crippen molar-refractivity contribution in [3.05, 3.63) is 52.0 Å². The van der Waals surface area contributed by atoms with E-state index in [1.54, 1.807) is 13.3 Å². The van der Waals surface area contributed by atoms with E-state index in [4.69, 9.17) is 21.1 Å². The molecular formula is C24H25ClN4O4S. The third-order valence-corrected chi connectivity index (χ3v) is 7.99. The number of thioether (sulfide) groups is 1. The minimum absolute atomic E-state index is 0.0486. The number of halogens is 1. The third kappa shape index (κ3) is 4.46. The summed E-state index contributed by atoms with van der Waals surface area (Å²) in [6.45, 7) is 0. The van der Waals surface area contributed by atoms with Gasteiger partial charge in [0.2, 0.25) is 0 Å². The van der Waals surface area contributed by atoms with Crippen LogP contribution in [0, 0.1) is 5.92 Å². The van der Waals surface area contributed by atoms with Gasteiger partial charge in [0.05, 0.1) is 18.3 Å². The van der Waals surface area contributed by atoms with E-state index in [0.717, 1.165) is 43.0 Å². The van der Waals surface area contributed by atoms with Gasteiger partial charge < -0.3 is 19.6 Å². The van der Waals surface area contributed by atoms with E-state index in [1.807, 2.05) is 18.2 Å². The molecule has 2 N–H and O–H groups in total. The molecule has 0 radical (unpaired) electrons. The molecule has 0 amide bonds. The van der Waals surface area contributed by atoms with Crippen LogP contribution in [0.1, 0.15) is 44.1 Å². The Morgan fingerprint density at radius 3 is 2.88 bits per heavy atom. The topological polar surface area (TPSA) is 110 Å². The van der Waals surface area contributed by atoms with Crippen LogP contribution in [0.15, 0.2) is 46.5 Å². The second-order valence-corrected chi connectivity index (χ2v) is 10.2. The van der Waals surface area contributed by atoms with E-state index in [9.17, 15) is 9.90 Å². The van der Waals surface area contributed by atoms with E-state index in [2.05, 4.69) is 19.9 Å². The van der Waals surface area contributed by atoms with Gasteiger partial charge in [-0.3, -0.25) is 0 Å². The molecule has 1 unspecified atom stereocenters. The SMILES string of the molecule is COc1ccc(CCC2(C3CCCC3)CC(O)=C(Sc3nc4cncnc4[nH]3)C(=O)O2)cc1Cl. The van der Waals surface area contributed by atoms with Gasteiger partial charge in [0.25, 0.3) is 0 Å². The summed E-state index contributed by atoms with van der Waals surface area (Å²) < 4.78 is 11.4. The molecule has 8 nitrogen and oxygen atoms in total. The van der Waals surface area contributed by atoms with Crippen molar-refractivity contribution in [2.24, 2.45) is 5.92 Å². The number of H-pyrrole nitrogens is 1. The molecule has 1 aromatic carbocycles. The number of nitrogens with zero attached hydrogens (tertiary/aromatic N) is 3. The molecule has 0 spiro atoms. The highest BCUT2D eigenvalue weighted by atomic mass is 35.5. The summed E-state index contributed by atoms with van der Waals surface area (Å²) in [6, 6.07) is 5.70. The van der Waals surface area contributed by atoms with Gasteiger partial charge in [-0.05, 0) is 61.1 Å². The number of cyclic esters (lactones) is 1. The number of methoxy groups -OCH3 is 1. The summed E-state index contributed by atoms with van der Waals surface area (Å²) >= 11 is 7.37. The number of aliphatic hydroxyl groups is 1. The highest BCUT2D eigenvalue weighted by Gasteiger charge is 2.48. The van der Waals surface area contributed by atoms with Crippen LogP contribution in [0.3, 0.4) is 0 Å². The number of fused-ring (bicyclic) bond motifs is 1. The van der Waals surface area contributed by atoms with Gasteiger partial charge in [-0.2, -0.15) is 0 Å². The Morgan fingerprint density at radius 2 is 2.18 bits per heavy atom. The molecular weight excluding hydrogens is 476 g/mol. The molecule has 34 heavy (non-hydrogen) atoms. The maximum absolute atomic E-state index is 13.2. The van der Waals surface area contributed by atoms with E-state index in [-0.39, 0.29) is 23.0 Å². The minimum atomic E-state index is -0.743. The van der Waals surface area contributed by atoms with Crippen molar-refractivity contribution in [1.29, 1.82) is 0 Å². The lowest BCUT2D eigenvalue weighted by Crippen LogP contribution is -2.45. The van der Waals surface area contributed by atoms with E-state index < -0.39 is 11.6 Å². The van der Waals surface area contributed by atoms with Crippen LogP contribution in [0.4, 0.5) is 0 Å². The van der Waals surface area contributed by atoms with Gasteiger partial charge >= 0.3 is 5.97 Å². The van der Waals surface area contributed by atoms with E-state index in [0.29, 0.717) is 39.9 Å². The predicted octanol–water partition coefficient (Wildman–Crippen LogP) is 5.39. The van der Waals surface area contributed by atoms with Gasteiger partial charge in [-0.25, -0.2) is 19.7 Å². The summed E-state index contributed by atoms with van der Waals surface area (Å²) in [7, 11) is 1.58. The van der Waals surface area contributed by atoms with Crippen LogP contribution in [0.25, 0.3) is 11.2 Å². The summed E-state index contributed by atoms with van der Waals surface area (Å²) in [6.07, 6.45) is 8.74. The van der Waals surface area contributed by atoms with Crippen LogP contribution in [-0.2, 0) is 16.0 Å². The van der Waals surface area contributed by atoms with Crippen LogP contribution >= 0.6 is 23.4 Å². The second-order valence-electron chi connectivity index (χ2n) is 8.76. The largest absolute Gasteiger partial charge is 0.511 e. The van der Waals surface area contributed by atoms with Gasteiger partial charge in [-0.1, -0.05) is 30.5 Å². The Labute approximate surface area is 206 Å². The van der Waals surface area contributed by atoms with Crippen molar-refractivity contribution in [3.63, 3.8) is 0 Å². The van der Waals surface area contributed by atoms with Crippen LogP contribution in [0.2, 0.25) is 5.02 Å². The molecule has 1 aliphatic carbocycles. The molecule has 5 rings (SSSR count). The van der Waals surface area contributed by atoms with E-state index in [1.165, 1.54) is 6.33 Å². The highest BCUT2D eigenvalue weighted by molar-refractivity contribution is 8.03. The Kier molecular flexibility index (Phi) is 6.40. The zero-order valence-electron chi connectivity index (χ0n) is 18.7. The maximum atomic E-state index is 13.2. The van der Waals surface area contributed by atoms with Crippen molar-refractivity contribution in [3.8, 4) is 5.75 Å². The molecule has 178 valence electrons. The number of esters is 1. The highest BCUT2D eigenvalue weighted by Crippen LogP contribution is 2.47. The monoisotopic (exact) mass is 500 g/mol. The summed E-state index contributed by atoms with van der Waals surface area (Å²) in [5, 5.41) is 12.0. The first-order valence-corrected chi connectivity index (χ1v) is 12.5. The zero-order valence-corrected chi connectivity index (χ0v) is 20.3. The fourth-order valence-electron chi connectivity index (χ4n) is 4.98. The molecule has 2 aromatic heterocycles. The molecule has 3 aromatic rings. The molecule has 1 aliphatic heterocycles. The lowest BCUT2D eigenvalue weighted by Gasteiger charge is -2.41. The lowest BCUT2D eigenvalue weighted by atomic mass is 9.77. The Hall–Kier alpha value is -2.78. The van der Waals surface area contributed by atoms with Crippen LogP contribution in [-0.4, -0.2) is 43.7 Å². The number of carbonyl (C=O) groups is 1. The maximum Gasteiger partial charge on any atom is 0.349 e. The number of rotatable bonds is 7.